The highest BCUT2D eigenvalue weighted by Gasteiger charge is 2.17. The Balaban J connectivity index is 2.55. The summed E-state index contributed by atoms with van der Waals surface area (Å²) in [5, 5.41) is 11.1. The van der Waals surface area contributed by atoms with Gasteiger partial charge in [-0.05, 0) is 18.6 Å². The van der Waals surface area contributed by atoms with Gasteiger partial charge in [0.15, 0.2) is 0 Å². The lowest BCUT2D eigenvalue weighted by Crippen LogP contribution is -2.42. The molecule has 0 aromatic heterocycles. The predicted molar refractivity (Wildman–Crippen MR) is 76.1 cm³/mol. The Morgan fingerprint density at radius 2 is 1.86 bits per heavy atom. The molecule has 0 bridgehead atoms. The Morgan fingerprint density at radius 3 is 2.38 bits per heavy atom. The summed E-state index contributed by atoms with van der Waals surface area (Å²) in [6.07, 6.45) is 0.247. The Morgan fingerprint density at radius 1 is 1.24 bits per heavy atom. The van der Waals surface area contributed by atoms with Crippen LogP contribution in [0.3, 0.4) is 0 Å². The fourth-order valence-electron chi connectivity index (χ4n) is 1.63. The summed E-state index contributed by atoms with van der Waals surface area (Å²) in [4.78, 5) is 22.3. The van der Waals surface area contributed by atoms with E-state index in [1.165, 1.54) is 12.1 Å². The number of sulfonamides is 1. The molecule has 0 spiro atoms. The number of hydrogen-bond donors (Lipinski definition) is 3. The summed E-state index contributed by atoms with van der Waals surface area (Å²) in [5.41, 5.74) is 0. The van der Waals surface area contributed by atoms with Gasteiger partial charge in [-0.2, -0.15) is 0 Å². The van der Waals surface area contributed by atoms with Crippen molar-refractivity contribution in [3.8, 4) is 0 Å². The topological polar surface area (TPSA) is 113 Å². The van der Waals surface area contributed by atoms with E-state index in [2.05, 4.69) is 10.0 Å². The van der Waals surface area contributed by atoms with Crippen molar-refractivity contribution >= 4 is 21.9 Å². The Labute approximate surface area is 123 Å². The van der Waals surface area contributed by atoms with Crippen molar-refractivity contribution in [3.63, 3.8) is 0 Å². The minimum atomic E-state index is -3.75. The second kappa shape index (κ2) is 7.75. The molecular weight excluding hydrogens is 296 g/mol. The molecule has 0 radical (unpaired) electrons. The molecule has 0 saturated carbocycles. The van der Waals surface area contributed by atoms with Gasteiger partial charge in [-0.15, -0.1) is 0 Å². The second-order valence-corrected chi connectivity index (χ2v) is 6.18. The van der Waals surface area contributed by atoms with Crippen molar-refractivity contribution < 1.29 is 23.1 Å². The molecule has 1 unspecified atom stereocenters. The van der Waals surface area contributed by atoms with Crippen molar-refractivity contribution in [1.29, 1.82) is 0 Å². The Hall–Kier alpha value is -1.93. The van der Waals surface area contributed by atoms with Gasteiger partial charge in [0.05, 0.1) is 17.9 Å². The van der Waals surface area contributed by atoms with Crippen molar-refractivity contribution in [2.75, 3.05) is 6.54 Å². The van der Waals surface area contributed by atoms with E-state index < -0.39 is 34.5 Å². The maximum Gasteiger partial charge on any atom is 0.305 e. The highest BCUT2D eigenvalue weighted by Crippen LogP contribution is 2.06. The average Bonchev–Trinajstić information content (AvgIpc) is 2.45. The fourth-order valence-corrected chi connectivity index (χ4v) is 2.63. The van der Waals surface area contributed by atoms with Gasteiger partial charge in [0.2, 0.25) is 15.9 Å². The van der Waals surface area contributed by atoms with Gasteiger partial charge in [-0.3, -0.25) is 9.59 Å². The van der Waals surface area contributed by atoms with Crippen LogP contribution >= 0.6 is 0 Å². The molecular formula is C13H18N2O5S. The van der Waals surface area contributed by atoms with Crippen LogP contribution in [-0.2, 0) is 19.6 Å². The lowest BCUT2D eigenvalue weighted by atomic mass is 10.1. The maximum absolute atomic E-state index is 11.9. The lowest BCUT2D eigenvalue weighted by Gasteiger charge is -2.15. The number of carboxylic acid groups (broad SMARTS) is 1. The zero-order chi connectivity index (χ0) is 15.9. The summed E-state index contributed by atoms with van der Waals surface area (Å²) >= 11 is 0. The molecule has 7 nitrogen and oxygen atoms in total. The number of aliphatic carboxylic acids is 1. The summed E-state index contributed by atoms with van der Waals surface area (Å²) in [6.45, 7) is 1.30. The molecule has 1 aromatic rings. The van der Waals surface area contributed by atoms with Crippen molar-refractivity contribution in [2.24, 2.45) is 0 Å². The van der Waals surface area contributed by atoms with Crippen LogP contribution in [0.15, 0.2) is 35.2 Å². The first-order valence-corrected chi connectivity index (χ1v) is 7.89. The molecule has 0 aliphatic rings. The Bertz CT molecular complexity index is 586. The maximum atomic E-state index is 11.9. The van der Waals surface area contributed by atoms with Gasteiger partial charge in [-0.25, -0.2) is 13.1 Å². The van der Waals surface area contributed by atoms with E-state index in [4.69, 9.17) is 5.11 Å². The van der Waals surface area contributed by atoms with Gasteiger partial charge in [0.1, 0.15) is 0 Å². The largest absolute Gasteiger partial charge is 0.481 e. The third-order valence-corrected chi connectivity index (χ3v) is 4.17. The van der Waals surface area contributed by atoms with Crippen LogP contribution in [0.25, 0.3) is 0 Å². The Kier molecular flexibility index (Phi) is 6.32. The van der Waals surface area contributed by atoms with E-state index in [0.717, 1.165) is 0 Å². The van der Waals surface area contributed by atoms with Gasteiger partial charge in [-0.1, -0.05) is 25.1 Å². The highest BCUT2D eigenvalue weighted by molar-refractivity contribution is 7.89. The summed E-state index contributed by atoms with van der Waals surface area (Å²) in [7, 11) is -3.75. The highest BCUT2D eigenvalue weighted by atomic mass is 32.2. The van der Waals surface area contributed by atoms with E-state index in [0.29, 0.717) is 6.42 Å². The van der Waals surface area contributed by atoms with Crippen molar-refractivity contribution in [3.05, 3.63) is 30.3 Å². The first-order valence-electron chi connectivity index (χ1n) is 6.41. The number of benzene rings is 1. The molecule has 21 heavy (non-hydrogen) atoms. The van der Waals surface area contributed by atoms with Crippen LogP contribution in [0.1, 0.15) is 19.8 Å². The molecule has 1 rings (SSSR count). The van der Waals surface area contributed by atoms with Crippen LogP contribution in [0.4, 0.5) is 0 Å². The molecule has 0 aliphatic carbocycles. The molecule has 8 heteroatoms. The lowest BCUT2D eigenvalue weighted by molar-refractivity contribution is -0.137. The van der Waals surface area contributed by atoms with Crippen LogP contribution < -0.4 is 10.0 Å². The number of nitrogens with one attached hydrogen (secondary N) is 2. The van der Waals surface area contributed by atoms with E-state index >= 15 is 0 Å². The normalized spacial score (nSPS) is 12.6. The molecule has 3 N–H and O–H groups in total. The number of rotatable bonds is 8. The summed E-state index contributed by atoms with van der Waals surface area (Å²) in [5.74, 6) is -1.59. The zero-order valence-corrected chi connectivity index (χ0v) is 12.4. The summed E-state index contributed by atoms with van der Waals surface area (Å²) in [6, 6.07) is 7.15. The third-order valence-electron chi connectivity index (χ3n) is 2.76. The molecule has 1 atom stereocenters. The fraction of sp³-hybridized carbons (Fsp3) is 0.385. The zero-order valence-electron chi connectivity index (χ0n) is 11.6. The molecule has 0 aliphatic heterocycles. The number of carboxylic acids is 1. The standard InChI is InChI=1S/C13H18N2O5S/c1-2-10(8-13(17)18)15-12(16)9-14-21(19,20)11-6-4-3-5-7-11/h3-7,10,14H,2,8-9H2,1H3,(H,15,16)(H,17,18). The molecule has 0 fully saturated rings. The van der Waals surface area contributed by atoms with Crippen LogP contribution in [-0.4, -0.2) is 38.0 Å². The minimum absolute atomic E-state index is 0.0652. The van der Waals surface area contributed by atoms with Crippen LogP contribution in [0.5, 0.6) is 0 Å². The van der Waals surface area contributed by atoms with Gasteiger partial charge in [0.25, 0.3) is 0 Å². The predicted octanol–water partition coefficient (Wildman–Crippen LogP) is 0.334. The molecule has 1 amide bonds. The quantitative estimate of drug-likeness (QED) is 0.640. The number of carbonyl (C=O) groups excluding carboxylic acids is 1. The number of carbonyl (C=O) groups is 2. The molecule has 0 saturated heterocycles. The smallest absolute Gasteiger partial charge is 0.305 e. The molecule has 116 valence electrons. The summed E-state index contributed by atoms with van der Waals surface area (Å²) < 4.78 is 25.9. The second-order valence-electron chi connectivity index (χ2n) is 4.41. The van der Waals surface area contributed by atoms with Crippen LogP contribution in [0.2, 0.25) is 0 Å². The van der Waals surface area contributed by atoms with Crippen molar-refractivity contribution in [1.82, 2.24) is 10.0 Å². The van der Waals surface area contributed by atoms with E-state index in [1.807, 2.05) is 0 Å². The average molecular weight is 314 g/mol. The minimum Gasteiger partial charge on any atom is -0.481 e. The van der Waals surface area contributed by atoms with Gasteiger partial charge < -0.3 is 10.4 Å². The third kappa shape index (κ3) is 5.92. The monoisotopic (exact) mass is 314 g/mol. The number of hydrogen-bond acceptors (Lipinski definition) is 4. The van der Waals surface area contributed by atoms with Gasteiger partial charge in [0, 0.05) is 6.04 Å². The number of amides is 1. The first-order chi connectivity index (χ1) is 9.85. The van der Waals surface area contributed by atoms with E-state index in [9.17, 15) is 18.0 Å². The van der Waals surface area contributed by atoms with E-state index in [-0.39, 0.29) is 11.3 Å². The van der Waals surface area contributed by atoms with Gasteiger partial charge >= 0.3 is 5.97 Å². The molecule has 1 aromatic carbocycles. The first kappa shape index (κ1) is 17.1. The van der Waals surface area contributed by atoms with Crippen molar-refractivity contribution in [2.45, 2.75) is 30.7 Å². The van der Waals surface area contributed by atoms with E-state index in [1.54, 1.807) is 25.1 Å². The van der Waals surface area contributed by atoms with Crippen LogP contribution in [0, 0.1) is 0 Å². The molecule has 0 heterocycles. The SMILES string of the molecule is CCC(CC(=O)O)NC(=O)CNS(=O)(=O)c1ccccc1.